The van der Waals surface area contributed by atoms with Gasteiger partial charge in [-0.25, -0.2) is 9.67 Å². The van der Waals surface area contributed by atoms with Gasteiger partial charge in [0.1, 0.15) is 18.9 Å². The predicted octanol–water partition coefficient (Wildman–Crippen LogP) is 2.15. The fourth-order valence-electron chi connectivity index (χ4n) is 2.47. The smallest absolute Gasteiger partial charge is 0.252 e. The molecule has 7 nitrogen and oxygen atoms in total. The number of hydrogen-bond acceptors (Lipinski definition) is 4. The first-order valence-electron chi connectivity index (χ1n) is 7.38. The lowest BCUT2D eigenvalue weighted by atomic mass is 10.2. The molecule has 3 rings (SSSR count). The van der Waals surface area contributed by atoms with Crippen molar-refractivity contribution in [3.05, 3.63) is 42.6 Å². The van der Waals surface area contributed by atoms with Gasteiger partial charge in [-0.15, -0.1) is 5.10 Å². The summed E-state index contributed by atoms with van der Waals surface area (Å²) < 4.78 is 3.51. The van der Waals surface area contributed by atoms with E-state index in [1.54, 1.807) is 0 Å². The van der Waals surface area contributed by atoms with Crippen LogP contribution in [-0.4, -0.2) is 25.2 Å². The van der Waals surface area contributed by atoms with Crippen LogP contribution in [0.5, 0.6) is 0 Å². The number of carbonyl (C=O) groups is 1. The molecule has 23 heavy (non-hydrogen) atoms. The zero-order valence-corrected chi connectivity index (χ0v) is 12.7. The highest BCUT2D eigenvalue weighted by atomic mass is 16.2. The molecule has 3 aromatic rings. The Balaban J connectivity index is 1.74. The number of aryl methyl sites for hydroxylation is 1. The van der Waals surface area contributed by atoms with E-state index >= 15 is 0 Å². The lowest BCUT2D eigenvalue weighted by molar-refractivity contribution is -0.116. The molecular weight excluding hydrogens is 292 g/mol. The number of benzene rings is 1. The Kier molecular flexibility index (Phi) is 4.06. The molecule has 1 amide bonds. The Labute approximate surface area is 133 Å². The Morgan fingerprint density at radius 2 is 2.26 bits per heavy atom. The summed E-state index contributed by atoms with van der Waals surface area (Å²) in [5, 5.41) is 16.5. The van der Waals surface area contributed by atoms with Gasteiger partial charge in [0.25, 0.3) is 5.82 Å². The number of amides is 1. The molecule has 0 radical (unpaired) electrons. The third kappa shape index (κ3) is 3.21. The molecule has 116 valence electrons. The number of nitriles is 1. The lowest BCUT2D eigenvalue weighted by Crippen LogP contribution is -2.19. The largest absolute Gasteiger partial charge is 0.347 e. The standard InChI is InChI=1S/C16H16N6O/c1-2-6-21-7-5-12-3-4-13(8-14(12)21)19-16(23)10-22-11-18-15(9-17)20-22/h3-5,7-8,11H,2,6,10H2,1H3,(H,19,23). The SMILES string of the molecule is CCCn1ccc2ccc(NC(=O)Cn3cnc(C#N)n3)cc21. The van der Waals surface area contributed by atoms with Crippen molar-refractivity contribution in [3.63, 3.8) is 0 Å². The van der Waals surface area contributed by atoms with Crippen LogP contribution in [0.4, 0.5) is 5.69 Å². The van der Waals surface area contributed by atoms with Crippen molar-refractivity contribution < 1.29 is 4.79 Å². The van der Waals surface area contributed by atoms with Crippen LogP contribution in [0.2, 0.25) is 0 Å². The number of rotatable bonds is 5. The van der Waals surface area contributed by atoms with E-state index in [9.17, 15) is 4.79 Å². The molecule has 0 saturated carbocycles. The van der Waals surface area contributed by atoms with E-state index in [2.05, 4.69) is 39.2 Å². The highest BCUT2D eigenvalue weighted by Gasteiger charge is 2.08. The summed E-state index contributed by atoms with van der Waals surface area (Å²) in [6.07, 6.45) is 4.47. The van der Waals surface area contributed by atoms with Crippen LogP contribution in [0.1, 0.15) is 19.2 Å². The maximum absolute atomic E-state index is 12.1. The Morgan fingerprint density at radius 3 is 3.00 bits per heavy atom. The number of nitrogens with zero attached hydrogens (tertiary/aromatic N) is 5. The van der Waals surface area contributed by atoms with Crippen LogP contribution in [0.15, 0.2) is 36.8 Å². The predicted molar refractivity (Wildman–Crippen MR) is 85.6 cm³/mol. The van der Waals surface area contributed by atoms with E-state index in [1.807, 2.05) is 24.3 Å². The van der Waals surface area contributed by atoms with Gasteiger partial charge in [-0.3, -0.25) is 4.79 Å². The van der Waals surface area contributed by atoms with Crippen LogP contribution in [0.25, 0.3) is 10.9 Å². The molecule has 2 aromatic heterocycles. The van der Waals surface area contributed by atoms with Gasteiger partial charge in [0.15, 0.2) is 0 Å². The third-order valence-electron chi connectivity index (χ3n) is 3.46. The van der Waals surface area contributed by atoms with Gasteiger partial charge in [0.05, 0.1) is 5.52 Å². The molecule has 0 aliphatic rings. The van der Waals surface area contributed by atoms with E-state index in [0.29, 0.717) is 0 Å². The summed E-state index contributed by atoms with van der Waals surface area (Å²) in [7, 11) is 0. The molecule has 1 N–H and O–H groups in total. The van der Waals surface area contributed by atoms with Crippen molar-refractivity contribution in [1.29, 1.82) is 5.26 Å². The van der Waals surface area contributed by atoms with Crippen molar-refractivity contribution in [2.24, 2.45) is 0 Å². The number of nitrogens with one attached hydrogen (secondary N) is 1. The second-order valence-electron chi connectivity index (χ2n) is 5.21. The number of fused-ring (bicyclic) bond motifs is 1. The summed E-state index contributed by atoms with van der Waals surface area (Å²) in [6.45, 7) is 3.09. The van der Waals surface area contributed by atoms with Gasteiger partial charge in [-0.1, -0.05) is 13.0 Å². The fourth-order valence-corrected chi connectivity index (χ4v) is 2.47. The number of anilines is 1. The average molecular weight is 308 g/mol. The first-order valence-corrected chi connectivity index (χ1v) is 7.38. The van der Waals surface area contributed by atoms with Crippen LogP contribution in [-0.2, 0) is 17.9 Å². The minimum atomic E-state index is -0.215. The second kappa shape index (κ2) is 6.32. The molecule has 0 aliphatic carbocycles. The van der Waals surface area contributed by atoms with Crippen LogP contribution in [0, 0.1) is 11.3 Å². The summed E-state index contributed by atoms with van der Waals surface area (Å²) >= 11 is 0. The summed E-state index contributed by atoms with van der Waals surface area (Å²) in [5.41, 5.74) is 1.83. The molecule has 2 heterocycles. The third-order valence-corrected chi connectivity index (χ3v) is 3.46. The van der Waals surface area contributed by atoms with Gasteiger partial charge in [-0.05, 0) is 30.0 Å². The van der Waals surface area contributed by atoms with E-state index in [0.717, 1.165) is 29.6 Å². The van der Waals surface area contributed by atoms with Crippen LogP contribution in [0.3, 0.4) is 0 Å². The maximum Gasteiger partial charge on any atom is 0.252 e. The van der Waals surface area contributed by atoms with Gasteiger partial charge in [-0.2, -0.15) is 5.26 Å². The van der Waals surface area contributed by atoms with Crippen molar-refractivity contribution in [2.45, 2.75) is 26.4 Å². The van der Waals surface area contributed by atoms with Gasteiger partial charge in [0.2, 0.25) is 5.91 Å². The summed E-state index contributed by atoms with van der Waals surface area (Å²) in [5.74, 6) is -0.163. The zero-order chi connectivity index (χ0) is 16.2. The van der Waals surface area contributed by atoms with E-state index in [-0.39, 0.29) is 18.3 Å². The molecular formula is C16H16N6O. The van der Waals surface area contributed by atoms with Crippen molar-refractivity contribution >= 4 is 22.5 Å². The minimum absolute atomic E-state index is 0.0166. The Bertz CT molecular complexity index is 885. The van der Waals surface area contributed by atoms with Crippen molar-refractivity contribution in [2.75, 3.05) is 5.32 Å². The van der Waals surface area contributed by atoms with Crippen LogP contribution < -0.4 is 5.32 Å². The van der Waals surface area contributed by atoms with Gasteiger partial charge >= 0.3 is 0 Å². The molecule has 0 aliphatic heterocycles. The molecule has 0 spiro atoms. The summed E-state index contributed by atoms with van der Waals surface area (Å²) in [4.78, 5) is 15.8. The molecule has 1 aromatic carbocycles. The molecule has 7 heteroatoms. The maximum atomic E-state index is 12.1. The summed E-state index contributed by atoms with van der Waals surface area (Å²) in [6, 6.07) is 9.72. The molecule has 0 bridgehead atoms. The monoisotopic (exact) mass is 308 g/mol. The minimum Gasteiger partial charge on any atom is -0.347 e. The normalized spacial score (nSPS) is 10.6. The van der Waals surface area contributed by atoms with E-state index < -0.39 is 0 Å². The number of aromatic nitrogens is 4. The lowest BCUT2D eigenvalue weighted by Gasteiger charge is -2.07. The van der Waals surface area contributed by atoms with Crippen LogP contribution >= 0.6 is 0 Å². The fraction of sp³-hybridized carbons (Fsp3) is 0.250. The van der Waals surface area contributed by atoms with Gasteiger partial charge < -0.3 is 9.88 Å². The van der Waals surface area contributed by atoms with E-state index in [1.165, 1.54) is 11.0 Å². The zero-order valence-electron chi connectivity index (χ0n) is 12.7. The highest BCUT2D eigenvalue weighted by Crippen LogP contribution is 2.21. The average Bonchev–Trinajstić information content (AvgIpc) is 3.15. The van der Waals surface area contributed by atoms with Crippen molar-refractivity contribution in [1.82, 2.24) is 19.3 Å². The quantitative estimate of drug-likeness (QED) is 0.782. The highest BCUT2D eigenvalue weighted by molar-refractivity contribution is 5.93. The Morgan fingerprint density at radius 1 is 1.39 bits per heavy atom. The molecule has 0 atom stereocenters. The molecule has 0 saturated heterocycles. The number of hydrogen-bond donors (Lipinski definition) is 1. The first-order chi connectivity index (χ1) is 11.2. The number of carbonyl (C=O) groups excluding carboxylic acids is 1. The molecule has 0 unspecified atom stereocenters. The van der Waals surface area contributed by atoms with E-state index in [4.69, 9.17) is 5.26 Å². The topological polar surface area (TPSA) is 88.5 Å². The van der Waals surface area contributed by atoms with Crippen molar-refractivity contribution in [3.8, 4) is 6.07 Å². The second-order valence-corrected chi connectivity index (χ2v) is 5.21. The Hall–Kier alpha value is -3.14. The first kappa shape index (κ1) is 14.8. The molecule has 0 fully saturated rings. The van der Waals surface area contributed by atoms with Gasteiger partial charge in [0, 0.05) is 18.4 Å².